The van der Waals surface area contributed by atoms with Gasteiger partial charge in [-0.1, -0.05) is 0 Å². The fourth-order valence-electron chi connectivity index (χ4n) is 2.85. The molecule has 0 unspecified atom stereocenters. The molecule has 4 rings (SSSR count). The average molecular weight is 360 g/mol. The van der Waals surface area contributed by atoms with Gasteiger partial charge in [0.05, 0.1) is 16.6 Å². The van der Waals surface area contributed by atoms with Gasteiger partial charge in [0.15, 0.2) is 0 Å². The first kappa shape index (κ1) is 16.6. The number of nitrogens with zero attached hydrogens (tertiary/aromatic N) is 3. The molecule has 26 heavy (non-hydrogen) atoms. The van der Waals surface area contributed by atoms with E-state index >= 15 is 0 Å². The third-order valence-electron chi connectivity index (χ3n) is 4.28. The Kier molecular flexibility index (Phi) is 3.71. The van der Waals surface area contributed by atoms with Gasteiger partial charge in [0.1, 0.15) is 0 Å². The summed E-state index contributed by atoms with van der Waals surface area (Å²) in [6, 6.07) is 5.44. The zero-order valence-corrected chi connectivity index (χ0v) is 13.8. The highest BCUT2D eigenvalue weighted by atomic mass is 19.4. The largest absolute Gasteiger partial charge is 0.416 e. The van der Waals surface area contributed by atoms with E-state index in [4.69, 9.17) is 0 Å². The lowest BCUT2D eigenvalue weighted by Crippen LogP contribution is -2.19. The van der Waals surface area contributed by atoms with E-state index in [1.165, 1.54) is 16.8 Å². The smallest absolute Gasteiger partial charge is 0.353 e. The highest BCUT2D eigenvalue weighted by Gasteiger charge is 2.31. The Morgan fingerprint density at radius 2 is 2.00 bits per heavy atom. The number of aromatic nitrogens is 3. The average Bonchev–Trinajstić information content (AvgIpc) is 3.37. The van der Waals surface area contributed by atoms with Gasteiger partial charge in [-0.2, -0.15) is 18.2 Å². The number of fused-ring (bicyclic) bond motifs is 1. The highest BCUT2D eigenvalue weighted by molar-refractivity contribution is 5.81. The van der Waals surface area contributed by atoms with Crippen LogP contribution in [0.3, 0.4) is 0 Å². The molecule has 134 valence electrons. The molecule has 0 aromatic carbocycles. The Bertz CT molecular complexity index is 1050. The molecule has 0 aliphatic heterocycles. The quantitative estimate of drug-likeness (QED) is 0.774. The van der Waals surface area contributed by atoms with Crippen molar-refractivity contribution in [3.63, 3.8) is 0 Å². The lowest BCUT2D eigenvalue weighted by atomic mass is 10.1. The van der Waals surface area contributed by atoms with Crippen LogP contribution in [0.2, 0.25) is 0 Å². The van der Waals surface area contributed by atoms with Crippen molar-refractivity contribution in [2.24, 2.45) is 0 Å². The summed E-state index contributed by atoms with van der Waals surface area (Å²) >= 11 is 0. The summed E-state index contributed by atoms with van der Waals surface area (Å²) in [5, 5.41) is 3.11. The molecule has 0 bridgehead atoms. The van der Waals surface area contributed by atoms with Gasteiger partial charge >= 0.3 is 6.18 Å². The molecule has 0 saturated heterocycles. The molecular formula is C18H15F3N4O. The van der Waals surface area contributed by atoms with E-state index in [2.05, 4.69) is 15.3 Å². The number of pyridine rings is 2. The van der Waals surface area contributed by atoms with Crippen LogP contribution < -0.4 is 10.9 Å². The summed E-state index contributed by atoms with van der Waals surface area (Å²) in [7, 11) is 0. The zero-order chi connectivity index (χ0) is 18.5. The van der Waals surface area contributed by atoms with Crippen LogP contribution in [-0.2, 0) is 6.18 Å². The van der Waals surface area contributed by atoms with Crippen LogP contribution in [0, 0.1) is 6.92 Å². The van der Waals surface area contributed by atoms with Crippen LogP contribution in [0.15, 0.2) is 41.5 Å². The molecule has 0 spiro atoms. The maximum absolute atomic E-state index is 13.2. The molecule has 3 aromatic heterocycles. The summed E-state index contributed by atoms with van der Waals surface area (Å²) < 4.78 is 41.1. The van der Waals surface area contributed by atoms with Crippen LogP contribution in [0.25, 0.3) is 16.6 Å². The minimum Gasteiger partial charge on any atom is -0.353 e. The van der Waals surface area contributed by atoms with Crippen LogP contribution in [0.5, 0.6) is 0 Å². The van der Waals surface area contributed by atoms with Crippen molar-refractivity contribution in [3.05, 3.63) is 58.3 Å². The number of hydrogen-bond donors (Lipinski definition) is 1. The van der Waals surface area contributed by atoms with Crippen LogP contribution in [0.1, 0.15) is 24.1 Å². The fraction of sp³-hybridized carbons (Fsp3) is 0.278. The Balaban J connectivity index is 2.02. The molecule has 3 heterocycles. The van der Waals surface area contributed by atoms with Crippen molar-refractivity contribution >= 4 is 11.5 Å². The van der Waals surface area contributed by atoms with Gasteiger partial charge in [-0.25, -0.2) is 0 Å². The van der Waals surface area contributed by atoms with Crippen molar-refractivity contribution < 1.29 is 13.2 Å². The molecule has 1 saturated carbocycles. The van der Waals surface area contributed by atoms with E-state index in [0.717, 1.165) is 25.0 Å². The maximum atomic E-state index is 13.2. The lowest BCUT2D eigenvalue weighted by molar-refractivity contribution is -0.137. The topological polar surface area (TPSA) is 59.3 Å². The van der Waals surface area contributed by atoms with E-state index in [0.29, 0.717) is 11.3 Å². The van der Waals surface area contributed by atoms with E-state index < -0.39 is 17.3 Å². The summed E-state index contributed by atoms with van der Waals surface area (Å²) in [5.41, 5.74) is 0.0547. The second-order valence-electron chi connectivity index (χ2n) is 6.39. The van der Waals surface area contributed by atoms with E-state index in [-0.39, 0.29) is 23.1 Å². The van der Waals surface area contributed by atoms with Crippen molar-refractivity contribution in [3.8, 4) is 11.1 Å². The molecule has 1 fully saturated rings. The molecule has 0 amide bonds. The Labute approximate surface area is 146 Å². The first-order chi connectivity index (χ1) is 12.3. The fourth-order valence-corrected chi connectivity index (χ4v) is 2.85. The number of anilines is 1. The number of nitrogens with one attached hydrogen (secondary N) is 1. The maximum Gasteiger partial charge on any atom is 0.416 e. The molecule has 1 aliphatic rings. The summed E-state index contributed by atoms with van der Waals surface area (Å²) in [5.74, 6) is 0.260. The Morgan fingerprint density at radius 3 is 2.65 bits per heavy atom. The van der Waals surface area contributed by atoms with Crippen molar-refractivity contribution in [2.45, 2.75) is 32.0 Å². The molecular weight excluding hydrogens is 345 g/mol. The summed E-state index contributed by atoms with van der Waals surface area (Å²) in [4.78, 5) is 20.8. The Hall–Kier alpha value is -2.90. The van der Waals surface area contributed by atoms with Gasteiger partial charge in [-0.05, 0) is 49.6 Å². The predicted molar refractivity (Wildman–Crippen MR) is 91.1 cm³/mol. The normalized spacial score (nSPS) is 14.6. The summed E-state index contributed by atoms with van der Waals surface area (Å²) in [6.07, 6.45) is 0.210. The van der Waals surface area contributed by atoms with Crippen LogP contribution in [-0.4, -0.2) is 20.4 Å². The summed E-state index contributed by atoms with van der Waals surface area (Å²) in [6.45, 7) is 1.75. The molecule has 3 aromatic rings. The van der Waals surface area contributed by atoms with Crippen LogP contribution in [0.4, 0.5) is 19.1 Å². The lowest BCUT2D eigenvalue weighted by Gasteiger charge is -2.15. The standard InChI is InChI=1S/C18H15F3N4O/c1-10-8-11(4-6-22-10)15-14-9-12(18(19,20)21)5-7-25(14)17(24-16(15)26)23-13-2-3-13/h4-9,13H,2-3H2,1H3,(H,23,24,26). The van der Waals surface area contributed by atoms with Crippen molar-refractivity contribution in [2.75, 3.05) is 5.32 Å². The van der Waals surface area contributed by atoms with E-state index in [1.807, 2.05) is 0 Å². The van der Waals surface area contributed by atoms with Gasteiger partial charge in [0.25, 0.3) is 5.56 Å². The number of aryl methyl sites for hydroxylation is 1. The van der Waals surface area contributed by atoms with Gasteiger partial charge in [-0.3, -0.25) is 14.2 Å². The first-order valence-electron chi connectivity index (χ1n) is 8.16. The van der Waals surface area contributed by atoms with Gasteiger partial charge < -0.3 is 5.32 Å². The molecule has 8 heteroatoms. The second-order valence-corrected chi connectivity index (χ2v) is 6.39. The molecule has 0 radical (unpaired) electrons. The monoisotopic (exact) mass is 360 g/mol. The van der Waals surface area contributed by atoms with Gasteiger partial charge in [0.2, 0.25) is 5.95 Å². The molecule has 1 N–H and O–H groups in total. The van der Waals surface area contributed by atoms with Crippen LogP contribution >= 0.6 is 0 Å². The second kappa shape index (κ2) is 5.82. The molecule has 0 atom stereocenters. The zero-order valence-electron chi connectivity index (χ0n) is 13.8. The minimum absolute atomic E-state index is 0.128. The van der Waals surface area contributed by atoms with E-state index in [9.17, 15) is 18.0 Å². The first-order valence-corrected chi connectivity index (χ1v) is 8.16. The third kappa shape index (κ3) is 3.02. The number of hydrogen-bond acceptors (Lipinski definition) is 4. The Morgan fingerprint density at radius 1 is 1.23 bits per heavy atom. The highest BCUT2D eigenvalue weighted by Crippen LogP contribution is 2.33. The van der Waals surface area contributed by atoms with Crippen molar-refractivity contribution in [1.82, 2.24) is 14.4 Å². The van der Waals surface area contributed by atoms with Crippen molar-refractivity contribution in [1.29, 1.82) is 0 Å². The van der Waals surface area contributed by atoms with Gasteiger partial charge in [-0.15, -0.1) is 0 Å². The third-order valence-corrected chi connectivity index (χ3v) is 4.28. The SMILES string of the molecule is Cc1cc(-c2c(=O)nc(NC3CC3)n3ccc(C(F)(F)F)cc23)ccn1. The predicted octanol–water partition coefficient (Wildman–Crippen LogP) is 3.66. The number of halogens is 3. The number of alkyl halides is 3. The molecule has 1 aliphatic carbocycles. The van der Waals surface area contributed by atoms with E-state index in [1.54, 1.807) is 19.1 Å². The molecule has 5 nitrogen and oxygen atoms in total. The minimum atomic E-state index is -4.50. The number of rotatable bonds is 3. The van der Waals surface area contributed by atoms with Gasteiger partial charge in [0, 0.05) is 24.1 Å².